The Morgan fingerprint density at radius 2 is 1.90 bits per heavy atom. The summed E-state index contributed by atoms with van der Waals surface area (Å²) in [6, 6.07) is 7.97. The van der Waals surface area contributed by atoms with E-state index < -0.39 is 0 Å². The zero-order valence-corrected chi connectivity index (χ0v) is 18.3. The molecular weight excluding hydrogens is 386 g/mol. The molecule has 1 saturated heterocycles. The highest BCUT2D eigenvalue weighted by Crippen LogP contribution is 2.34. The molecule has 0 spiro atoms. The van der Waals surface area contributed by atoms with E-state index in [-0.39, 0.29) is 5.60 Å². The van der Waals surface area contributed by atoms with Crippen LogP contribution in [0.2, 0.25) is 0 Å². The number of aromatic nitrogens is 2. The molecule has 29 heavy (non-hydrogen) atoms. The Balaban J connectivity index is 1.57. The lowest BCUT2D eigenvalue weighted by molar-refractivity contribution is -0.905. The zero-order chi connectivity index (χ0) is 20.3. The van der Waals surface area contributed by atoms with Crippen molar-refractivity contribution < 1.29 is 19.1 Å². The van der Waals surface area contributed by atoms with Gasteiger partial charge in [-0.2, -0.15) is 0 Å². The normalized spacial score (nSPS) is 19.0. The van der Waals surface area contributed by atoms with Crippen molar-refractivity contribution >= 4 is 11.8 Å². The molecule has 2 aromatic rings. The number of methoxy groups -OCH3 is 1. The highest BCUT2D eigenvalue weighted by Gasteiger charge is 2.30. The second kappa shape index (κ2) is 9.00. The SMILES string of the molecule is COc1ccc(-c2nc3c(c(SCC[NH+]4CCOCC4)n2)COC(C)(C)C3)cc1. The summed E-state index contributed by atoms with van der Waals surface area (Å²) in [6.45, 7) is 9.88. The van der Waals surface area contributed by atoms with E-state index in [1.807, 2.05) is 36.0 Å². The molecule has 1 aromatic carbocycles. The largest absolute Gasteiger partial charge is 0.497 e. The van der Waals surface area contributed by atoms with Crippen LogP contribution in [0.4, 0.5) is 0 Å². The van der Waals surface area contributed by atoms with Crippen LogP contribution < -0.4 is 9.64 Å². The van der Waals surface area contributed by atoms with E-state index >= 15 is 0 Å². The van der Waals surface area contributed by atoms with Gasteiger partial charge in [0.2, 0.25) is 0 Å². The van der Waals surface area contributed by atoms with Crippen molar-refractivity contribution in [2.24, 2.45) is 0 Å². The van der Waals surface area contributed by atoms with Crippen molar-refractivity contribution in [3.05, 3.63) is 35.5 Å². The van der Waals surface area contributed by atoms with Gasteiger partial charge in [-0.1, -0.05) is 0 Å². The Morgan fingerprint density at radius 3 is 2.62 bits per heavy atom. The number of rotatable bonds is 6. The van der Waals surface area contributed by atoms with E-state index in [1.165, 1.54) is 0 Å². The summed E-state index contributed by atoms with van der Waals surface area (Å²) >= 11 is 1.83. The van der Waals surface area contributed by atoms with Gasteiger partial charge in [-0.15, -0.1) is 11.8 Å². The fourth-order valence-corrected chi connectivity index (χ4v) is 4.80. The fraction of sp³-hybridized carbons (Fsp3) is 0.545. The molecule has 1 aromatic heterocycles. The Kier molecular flexibility index (Phi) is 6.39. The van der Waals surface area contributed by atoms with Crippen molar-refractivity contribution in [2.45, 2.75) is 37.5 Å². The lowest BCUT2D eigenvalue weighted by Gasteiger charge is -2.32. The first-order chi connectivity index (χ1) is 14.0. The standard InChI is InChI=1S/C22H29N3O3S/c1-22(2)14-19-18(15-28-22)21(29-13-10-25-8-11-27-12-9-25)24-20(23-19)16-4-6-17(26-3)7-5-16/h4-7H,8-15H2,1-3H3/p+1. The summed E-state index contributed by atoms with van der Waals surface area (Å²) in [6.07, 6.45) is 0.802. The number of nitrogens with one attached hydrogen (secondary N) is 1. The fourth-order valence-electron chi connectivity index (χ4n) is 3.71. The lowest BCUT2D eigenvalue weighted by atomic mass is 9.96. The highest BCUT2D eigenvalue weighted by molar-refractivity contribution is 7.99. The van der Waals surface area contributed by atoms with Crippen molar-refractivity contribution in [1.82, 2.24) is 9.97 Å². The summed E-state index contributed by atoms with van der Waals surface area (Å²) < 4.78 is 16.8. The average Bonchev–Trinajstić information content (AvgIpc) is 2.73. The molecule has 156 valence electrons. The summed E-state index contributed by atoms with van der Waals surface area (Å²) in [5.41, 5.74) is 3.09. The van der Waals surface area contributed by atoms with Crippen molar-refractivity contribution in [2.75, 3.05) is 45.7 Å². The number of benzene rings is 1. The number of hydrogen-bond donors (Lipinski definition) is 1. The third-order valence-corrected chi connectivity index (χ3v) is 6.52. The first-order valence-corrected chi connectivity index (χ1v) is 11.2. The molecule has 2 aliphatic rings. The molecule has 0 unspecified atom stereocenters. The third-order valence-electron chi connectivity index (χ3n) is 5.50. The lowest BCUT2D eigenvalue weighted by Crippen LogP contribution is -3.14. The van der Waals surface area contributed by atoms with Crippen LogP contribution in [-0.2, 0) is 22.5 Å². The smallest absolute Gasteiger partial charge is 0.160 e. The number of fused-ring (bicyclic) bond motifs is 1. The number of nitrogens with zero attached hydrogens (tertiary/aromatic N) is 2. The molecule has 0 aliphatic carbocycles. The minimum absolute atomic E-state index is 0.196. The minimum Gasteiger partial charge on any atom is -0.497 e. The third kappa shape index (κ3) is 5.09. The number of morpholine rings is 1. The minimum atomic E-state index is -0.196. The molecule has 1 fully saturated rings. The number of ether oxygens (including phenoxy) is 3. The second-order valence-corrected chi connectivity index (χ2v) is 9.28. The molecule has 0 radical (unpaired) electrons. The van der Waals surface area contributed by atoms with E-state index in [4.69, 9.17) is 24.2 Å². The molecule has 1 N–H and O–H groups in total. The van der Waals surface area contributed by atoms with E-state index in [0.29, 0.717) is 6.61 Å². The topological polar surface area (TPSA) is 57.9 Å². The average molecular weight is 417 g/mol. The number of thioether (sulfide) groups is 1. The Labute approximate surface area is 177 Å². The van der Waals surface area contributed by atoms with Crippen LogP contribution in [0.15, 0.2) is 29.3 Å². The number of quaternary nitrogens is 1. The van der Waals surface area contributed by atoms with Crippen LogP contribution in [0.25, 0.3) is 11.4 Å². The van der Waals surface area contributed by atoms with Gasteiger partial charge in [0.05, 0.1) is 44.8 Å². The second-order valence-electron chi connectivity index (χ2n) is 8.19. The van der Waals surface area contributed by atoms with E-state index in [9.17, 15) is 0 Å². The van der Waals surface area contributed by atoms with Gasteiger partial charge in [-0.3, -0.25) is 0 Å². The van der Waals surface area contributed by atoms with Crippen LogP contribution in [0.1, 0.15) is 25.1 Å². The van der Waals surface area contributed by atoms with E-state index in [0.717, 1.165) is 78.4 Å². The van der Waals surface area contributed by atoms with Crippen LogP contribution in [0, 0.1) is 0 Å². The van der Waals surface area contributed by atoms with Crippen molar-refractivity contribution in [3.63, 3.8) is 0 Å². The molecule has 3 heterocycles. The molecule has 4 rings (SSSR count). The Morgan fingerprint density at radius 1 is 1.14 bits per heavy atom. The summed E-state index contributed by atoms with van der Waals surface area (Å²) in [4.78, 5) is 11.5. The van der Waals surface area contributed by atoms with Crippen molar-refractivity contribution in [1.29, 1.82) is 0 Å². The van der Waals surface area contributed by atoms with Crippen LogP contribution in [0.5, 0.6) is 5.75 Å². The van der Waals surface area contributed by atoms with Crippen LogP contribution in [-0.4, -0.2) is 61.3 Å². The van der Waals surface area contributed by atoms with Gasteiger partial charge < -0.3 is 19.1 Å². The first kappa shape index (κ1) is 20.6. The van der Waals surface area contributed by atoms with Gasteiger partial charge in [0, 0.05) is 23.3 Å². The van der Waals surface area contributed by atoms with Gasteiger partial charge in [0.15, 0.2) is 5.82 Å². The van der Waals surface area contributed by atoms with Gasteiger partial charge in [-0.25, -0.2) is 9.97 Å². The zero-order valence-electron chi connectivity index (χ0n) is 17.5. The molecule has 7 heteroatoms. The highest BCUT2D eigenvalue weighted by atomic mass is 32.2. The van der Waals surface area contributed by atoms with Crippen LogP contribution >= 0.6 is 11.8 Å². The number of hydrogen-bond acceptors (Lipinski definition) is 6. The predicted molar refractivity (Wildman–Crippen MR) is 114 cm³/mol. The van der Waals surface area contributed by atoms with Gasteiger partial charge in [-0.05, 0) is 38.1 Å². The maximum Gasteiger partial charge on any atom is 0.160 e. The van der Waals surface area contributed by atoms with E-state index in [1.54, 1.807) is 12.0 Å². The van der Waals surface area contributed by atoms with Crippen molar-refractivity contribution in [3.8, 4) is 17.1 Å². The van der Waals surface area contributed by atoms with Crippen LogP contribution in [0.3, 0.4) is 0 Å². The molecule has 6 nitrogen and oxygen atoms in total. The summed E-state index contributed by atoms with van der Waals surface area (Å²) in [5, 5.41) is 1.06. The summed E-state index contributed by atoms with van der Waals surface area (Å²) in [7, 11) is 1.68. The van der Waals surface area contributed by atoms with Gasteiger partial charge in [0.25, 0.3) is 0 Å². The molecule has 0 bridgehead atoms. The molecule has 0 amide bonds. The quantitative estimate of drug-likeness (QED) is 0.574. The molecular formula is C22H30N3O3S+. The molecule has 2 aliphatic heterocycles. The first-order valence-electron chi connectivity index (χ1n) is 10.3. The Hall–Kier alpha value is -1.67. The Bertz CT molecular complexity index is 836. The maximum atomic E-state index is 6.07. The molecule has 0 atom stereocenters. The maximum absolute atomic E-state index is 6.07. The molecule has 0 saturated carbocycles. The summed E-state index contributed by atoms with van der Waals surface area (Å²) in [5.74, 6) is 2.65. The van der Waals surface area contributed by atoms with E-state index in [2.05, 4.69) is 13.8 Å². The van der Waals surface area contributed by atoms with Gasteiger partial charge in [0.1, 0.15) is 23.9 Å². The monoisotopic (exact) mass is 416 g/mol. The van der Waals surface area contributed by atoms with Gasteiger partial charge >= 0.3 is 0 Å². The predicted octanol–water partition coefficient (Wildman–Crippen LogP) is 2.01.